The number of aromatic nitrogens is 2. The van der Waals surface area contributed by atoms with Crippen molar-refractivity contribution in [3.63, 3.8) is 0 Å². The van der Waals surface area contributed by atoms with Gasteiger partial charge in [0.1, 0.15) is 23.0 Å². The monoisotopic (exact) mass is 369 g/mol. The molecule has 7 heteroatoms. The number of likely N-dealkylation sites (tertiary alicyclic amines) is 1. The van der Waals surface area contributed by atoms with Gasteiger partial charge in [-0.1, -0.05) is 17.2 Å². The highest BCUT2D eigenvalue weighted by Crippen LogP contribution is 2.33. The molecule has 0 bridgehead atoms. The Hall–Kier alpha value is -2.96. The number of benzene rings is 1. The van der Waals surface area contributed by atoms with E-state index in [4.69, 9.17) is 9.05 Å². The fraction of sp³-hybridized carbons (Fsp3) is 0.350. The molecule has 1 amide bonds. The third kappa shape index (κ3) is 3.49. The van der Waals surface area contributed by atoms with Crippen LogP contribution in [0.5, 0.6) is 0 Å². The molecule has 1 saturated heterocycles. The molecular formula is C20H20FN3O3. The van der Waals surface area contributed by atoms with Crippen molar-refractivity contribution in [2.75, 3.05) is 6.54 Å². The summed E-state index contributed by atoms with van der Waals surface area (Å²) in [5, 5.41) is 8.11. The molecule has 0 N–H and O–H groups in total. The maximum atomic E-state index is 13.1. The third-order valence-corrected chi connectivity index (χ3v) is 4.79. The lowest BCUT2D eigenvalue weighted by Crippen LogP contribution is -2.30. The highest BCUT2D eigenvalue weighted by atomic mass is 19.1. The number of hydrogen-bond donors (Lipinski definition) is 0. The van der Waals surface area contributed by atoms with Gasteiger partial charge in [0.25, 0.3) is 5.91 Å². The van der Waals surface area contributed by atoms with E-state index in [1.54, 1.807) is 23.1 Å². The fourth-order valence-electron chi connectivity index (χ4n) is 3.44. The highest BCUT2D eigenvalue weighted by Gasteiger charge is 2.34. The number of carbonyl (C=O) groups excluding carboxylic acids is 1. The van der Waals surface area contributed by atoms with Gasteiger partial charge in [0.2, 0.25) is 5.76 Å². The molecule has 1 fully saturated rings. The van der Waals surface area contributed by atoms with Crippen molar-refractivity contribution in [2.24, 2.45) is 0 Å². The molecule has 1 aliphatic heterocycles. The molecule has 0 radical (unpaired) electrons. The van der Waals surface area contributed by atoms with Crippen LogP contribution in [0, 0.1) is 5.82 Å². The van der Waals surface area contributed by atoms with Crippen molar-refractivity contribution >= 4 is 5.91 Å². The van der Waals surface area contributed by atoms with Gasteiger partial charge in [-0.25, -0.2) is 4.39 Å². The van der Waals surface area contributed by atoms with Crippen LogP contribution in [0.1, 0.15) is 54.2 Å². The van der Waals surface area contributed by atoms with Crippen molar-refractivity contribution < 1.29 is 18.2 Å². The average Bonchev–Trinajstić information content (AvgIpc) is 3.42. The lowest BCUT2D eigenvalue weighted by atomic mass is 10.1. The lowest BCUT2D eigenvalue weighted by molar-refractivity contribution is 0.0688. The molecule has 140 valence electrons. The Morgan fingerprint density at radius 1 is 1.22 bits per heavy atom. The van der Waals surface area contributed by atoms with Gasteiger partial charge in [-0.05, 0) is 43.5 Å². The van der Waals surface area contributed by atoms with E-state index in [0.29, 0.717) is 17.8 Å². The van der Waals surface area contributed by atoms with Crippen LogP contribution in [0.3, 0.4) is 0 Å². The summed E-state index contributed by atoms with van der Waals surface area (Å²) in [5.41, 5.74) is 1.97. The quantitative estimate of drug-likeness (QED) is 0.667. The minimum atomic E-state index is -0.325. The summed E-state index contributed by atoms with van der Waals surface area (Å²) in [4.78, 5) is 14.7. The second-order valence-electron chi connectivity index (χ2n) is 6.71. The molecule has 0 aliphatic carbocycles. The van der Waals surface area contributed by atoms with Crippen LogP contribution in [-0.2, 0) is 6.42 Å². The Labute approximate surface area is 155 Å². The number of carbonyl (C=O) groups is 1. The molecule has 3 heterocycles. The molecule has 3 aromatic rings. The maximum Gasteiger partial charge on any atom is 0.293 e. The van der Waals surface area contributed by atoms with Crippen LogP contribution < -0.4 is 0 Å². The van der Waals surface area contributed by atoms with Crippen LogP contribution >= 0.6 is 0 Å². The van der Waals surface area contributed by atoms with E-state index in [-0.39, 0.29) is 23.5 Å². The second-order valence-corrected chi connectivity index (χ2v) is 6.71. The minimum absolute atomic E-state index is 0.119. The number of hydrogen-bond acceptors (Lipinski definition) is 5. The number of rotatable bonds is 5. The molecule has 6 nitrogen and oxygen atoms in total. The number of aryl methyl sites for hydroxylation is 1. The number of halogens is 1. The van der Waals surface area contributed by atoms with E-state index in [0.717, 1.165) is 37.1 Å². The van der Waals surface area contributed by atoms with E-state index < -0.39 is 0 Å². The number of amides is 1. The zero-order valence-corrected chi connectivity index (χ0v) is 15.0. The molecule has 0 unspecified atom stereocenters. The zero-order valence-electron chi connectivity index (χ0n) is 15.0. The van der Waals surface area contributed by atoms with Crippen LogP contribution in [0.25, 0.3) is 11.3 Å². The lowest BCUT2D eigenvalue weighted by Gasteiger charge is -2.21. The molecule has 1 aromatic carbocycles. The Balaban J connectivity index is 1.53. The molecule has 0 spiro atoms. The molecule has 0 saturated carbocycles. The van der Waals surface area contributed by atoms with Crippen molar-refractivity contribution in [1.82, 2.24) is 15.2 Å². The minimum Gasteiger partial charge on any atom is -0.361 e. The van der Waals surface area contributed by atoms with Gasteiger partial charge < -0.3 is 13.9 Å². The molecular weight excluding hydrogens is 349 g/mol. The Morgan fingerprint density at radius 3 is 2.81 bits per heavy atom. The van der Waals surface area contributed by atoms with Crippen LogP contribution in [0.15, 0.2) is 45.4 Å². The smallest absolute Gasteiger partial charge is 0.293 e. The topological polar surface area (TPSA) is 72.4 Å². The predicted molar refractivity (Wildman–Crippen MR) is 95.4 cm³/mol. The molecule has 1 atom stereocenters. The summed E-state index contributed by atoms with van der Waals surface area (Å²) in [7, 11) is 0. The van der Waals surface area contributed by atoms with E-state index in [1.165, 1.54) is 12.1 Å². The second kappa shape index (κ2) is 7.34. The Bertz CT molecular complexity index is 932. The van der Waals surface area contributed by atoms with Crippen molar-refractivity contribution in [2.45, 2.75) is 38.6 Å². The molecule has 4 rings (SSSR count). The SMILES string of the molecule is CCCc1cc([C@H]2CCCN2C(=O)c2cc(-c3ccc(F)cc3)no2)no1. The van der Waals surface area contributed by atoms with Gasteiger partial charge in [0.05, 0.1) is 6.04 Å². The summed E-state index contributed by atoms with van der Waals surface area (Å²) in [6.45, 7) is 2.71. The fourth-order valence-corrected chi connectivity index (χ4v) is 3.44. The zero-order chi connectivity index (χ0) is 18.8. The summed E-state index contributed by atoms with van der Waals surface area (Å²) in [6.07, 6.45) is 3.54. The highest BCUT2D eigenvalue weighted by molar-refractivity contribution is 5.92. The van der Waals surface area contributed by atoms with Gasteiger partial charge in [-0.15, -0.1) is 0 Å². The van der Waals surface area contributed by atoms with Gasteiger partial charge in [-0.3, -0.25) is 4.79 Å². The van der Waals surface area contributed by atoms with Crippen LogP contribution in [0.4, 0.5) is 4.39 Å². The van der Waals surface area contributed by atoms with Gasteiger partial charge in [0.15, 0.2) is 0 Å². The average molecular weight is 369 g/mol. The largest absolute Gasteiger partial charge is 0.361 e. The van der Waals surface area contributed by atoms with Crippen LogP contribution in [0.2, 0.25) is 0 Å². The first-order valence-electron chi connectivity index (χ1n) is 9.15. The Morgan fingerprint density at radius 2 is 2.04 bits per heavy atom. The standard InChI is InChI=1S/C20H20FN3O3/c1-2-4-15-11-17(23-26-15)18-5-3-10-24(18)20(25)19-12-16(22-27-19)13-6-8-14(21)9-7-13/h6-9,11-12,18H,2-5,10H2,1H3/t18-/m1/s1. The van der Waals surface area contributed by atoms with Gasteiger partial charge >= 0.3 is 0 Å². The third-order valence-electron chi connectivity index (χ3n) is 4.79. The maximum absolute atomic E-state index is 13.1. The molecule has 27 heavy (non-hydrogen) atoms. The van der Waals surface area contributed by atoms with E-state index in [2.05, 4.69) is 17.2 Å². The predicted octanol–water partition coefficient (Wildman–Crippen LogP) is 4.40. The summed E-state index contributed by atoms with van der Waals surface area (Å²) < 4.78 is 23.7. The van der Waals surface area contributed by atoms with Crippen molar-refractivity contribution in [1.29, 1.82) is 0 Å². The normalized spacial score (nSPS) is 16.8. The summed E-state index contributed by atoms with van der Waals surface area (Å²) in [6, 6.07) is 9.31. The van der Waals surface area contributed by atoms with Crippen LogP contribution in [-0.4, -0.2) is 27.7 Å². The summed E-state index contributed by atoms with van der Waals surface area (Å²) >= 11 is 0. The molecule has 1 aliphatic rings. The first-order chi connectivity index (χ1) is 13.2. The van der Waals surface area contributed by atoms with Gasteiger partial charge in [-0.2, -0.15) is 0 Å². The van der Waals surface area contributed by atoms with E-state index in [1.807, 2.05) is 6.07 Å². The first-order valence-corrected chi connectivity index (χ1v) is 9.15. The van der Waals surface area contributed by atoms with E-state index in [9.17, 15) is 9.18 Å². The summed E-state index contributed by atoms with van der Waals surface area (Å²) in [5.74, 6) is 0.454. The first kappa shape index (κ1) is 17.5. The molecule has 2 aromatic heterocycles. The van der Waals surface area contributed by atoms with Crippen molar-refractivity contribution in [3.8, 4) is 11.3 Å². The van der Waals surface area contributed by atoms with Crippen molar-refractivity contribution in [3.05, 3.63) is 59.4 Å². The number of nitrogens with zero attached hydrogens (tertiary/aromatic N) is 3. The van der Waals surface area contributed by atoms with E-state index >= 15 is 0 Å². The van der Waals surface area contributed by atoms with Gasteiger partial charge in [0, 0.05) is 30.7 Å². The Kier molecular flexibility index (Phi) is 4.75.